The van der Waals surface area contributed by atoms with Crippen LogP contribution >= 0.6 is 0 Å². The Balaban J connectivity index is 2.01. The molecular formula is C17H18O4. The number of methoxy groups -OCH3 is 2. The van der Waals surface area contributed by atoms with Gasteiger partial charge in [0.2, 0.25) is 0 Å². The van der Waals surface area contributed by atoms with Gasteiger partial charge in [0.05, 0.1) is 14.2 Å². The first-order valence-corrected chi connectivity index (χ1v) is 6.81. The third-order valence-corrected chi connectivity index (χ3v) is 4.45. The Labute approximate surface area is 123 Å². The summed E-state index contributed by atoms with van der Waals surface area (Å²) in [6.07, 6.45) is 0. The molecule has 2 unspecified atom stereocenters. The molecule has 0 aliphatic carbocycles. The lowest BCUT2D eigenvalue weighted by atomic mass is 9.88. The highest BCUT2D eigenvalue weighted by Gasteiger charge is 2.70. The fourth-order valence-corrected chi connectivity index (χ4v) is 2.80. The van der Waals surface area contributed by atoms with Gasteiger partial charge in [0.25, 0.3) is 0 Å². The summed E-state index contributed by atoms with van der Waals surface area (Å²) in [6.45, 7) is 3.67. The molecule has 1 aliphatic heterocycles. The number of epoxide rings is 1. The Hall–Kier alpha value is -2.07. The quantitative estimate of drug-likeness (QED) is 0.643. The topological polar surface area (TPSA) is 48.1 Å². The average molecular weight is 286 g/mol. The van der Waals surface area contributed by atoms with Crippen LogP contribution in [0.2, 0.25) is 0 Å². The van der Waals surface area contributed by atoms with Crippen molar-refractivity contribution < 1.29 is 19.0 Å². The number of hydrogen-bond acceptors (Lipinski definition) is 4. The number of hydrogen-bond donors (Lipinski definition) is 0. The molecule has 21 heavy (non-hydrogen) atoms. The van der Waals surface area contributed by atoms with Crippen molar-refractivity contribution in [3.05, 3.63) is 42.0 Å². The molecule has 0 aromatic heterocycles. The van der Waals surface area contributed by atoms with Gasteiger partial charge in [0, 0.05) is 0 Å². The van der Waals surface area contributed by atoms with E-state index in [-0.39, 0.29) is 5.97 Å². The highest BCUT2D eigenvalue weighted by molar-refractivity contribution is 5.87. The van der Waals surface area contributed by atoms with Crippen molar-refractivity contribution in [2.45, 2.75) is 25.0 Å². The van der Waals surface area contributed by atoms with Gasteiger partial charge in [-0.25, -0.2) is 4.79 Å². The molecule has 0 spiro atoms. The van der Waals surface area contributed by atoms with E-state index in [1.165, 1.54) is 7.11 Å². The average Bonchev–Trinajstić information content (AvgIpc) is 3.10. The van der Waals surface area contributed by atoms with Crippen molar-refractivity contribution >= 4 is 16.7 Å². The molecule has 4 heteroatoms. The maximum absolute atomic E-state index is 11.9. The van der Waals surface area contributed by atoms with Gasteiger partial charge in [0.15, 0.2) is 5.60 Å². The minimum Gasteiger partial charge on any atom is -0.497 e. The molecule has 110 valence electrons. The summed E-state index contributed by atoms with van der Waals surface area (Å²) in [5.41, 5.74) is -0.594. The largest absolute Gasteiger partial charge is 0.497 e. The van der Waals surface area contributed by atoms with Crippen LogP contribution in [-0.2, 0) is 19.9 Å². The standard InChI is InChI=1S/C17H18O4/c1-16(17(2,21-16)15(18)20-4)13-7-5-12-10-14(19-3)8-6-11(12)9-13/h5-10H,1-4H3. The molecular weight excluding hydrogens is 268 g/mol. The van der Waals surface area contributed by atoms with E-state index in [0.717, 1.165) is 22.1 Å². The number of esters is 1. The van der Waals surface area contributed by atoms with Gasteiger partial charge in [-0.2, -0.15) is 0 Å². The van der Waals surface area contributed by atoms with Gasteiger partial charge >= 0.3 is 5.97 Å². The van der Waals surface area contributed by atoms with Crippen LogP contribution in [0.3, 0.4) is 0 Å². The summed E-state index contributed by atoms with van der Waals surface area (Å²) in [5.74, 6) is 0.475. The second kappa shape index (κ2) is 4.46. The Morgan fingerprint density at radius 3 is 2.38 bits per heavy atom. The van der Waals surface area contributed by atoms with E-state index in [4.69, 9.17) is 14.2 Å². The summed E-state index contributed by atoms with van der Waals surface area (Å²) in [4.78, 5) is 11.9. The zero-order valence-electron chi connectivity index (χ0n) is 12.6. The molecule has 2 aromatic carbocycles. The second-order valence-corrected chi connectivity index (χ2v) is 5.59. The number of ether oxygens (including phenoxy) is 3. The van der Waals surface area contributed by atoms with E-state index >= 15 is 0 Å². The summed E-state index contributed by atoms with van der Waals surface area (Å²) in [5, 5.41) is 2.17. The van der Waals surface area contributed by atoms with Crippen LogP contribution in [0.4, 0.5) is 0 Å². The van der Waals surface area contributed by atoms with E-state index in [9.17, 15) is 4.79 Å². The predicted molar refractivity (Wildman–Crippen MR) is 79.4 cm³/mol. The fraction of sp³-hybridized carbons (Fsp3) is 0.353. The zero-order chi connectivity index (χ0) is 15.3. The first-order chi connectivity index (χ1) is 9.94. The Kier molecular flexibility index (Phi) is 2.95. The Bertz CT molecular complexity index is 724. The second-order valence-electron chi connectivity index (χ2n) is 5.59. The lowest BCUT2D eigenvalue weighted by Gasteiger charge is -2.12. The lowest BCUT2D eigenvalue weighted by Crippen LogP contribution is -2.29. The SMILES string of the molecule is COC(=O)C1(C)OC1(C)c1ccc2cc(OC)ccc2c1. The maximum Gasteiger partial charge on any atom is 0.341 e. The Morgan fingerprint density at radius 2 is 1.71 bits per heavy atom. The normalized spacial score (nSPS) is 27.4. The summed E-state index contributed by atoms with van der Waals surface area (Å²) in [7, 11) is 3.03. The van der Waals surface area contributed by atoms with Crippen LogP contribution in [0, 0.1) is 0 Å². The monoisotopic (exact) mass is 286 g/mol. The highest BCUT2D eigenvalue weighted by atomic mass is 16.7. The van der Waals surface area contributed by atoms with Crippen molar-refractivity contribution in [3.63, 3.8) is 0 Å². The van der Waals surface area contributed by atoms with Crippen molar-refractivity contribution in [3.8, 4) is 5.75 Å². The van der Waals surface area contributed by atoms with Gasteiger partial charge in [0.1, 0.15) is 11.4 Å². The summed E-state index contributed by atoms with van der Waals surface area (Å²) < 4.78 is 15.8. The van der Waals surface area contributed by atoms with Crippen LogP contribution in [0.25, 0.3) is 10.8 Å². The van der Waals surface area contributed by atoms with Gasteiger partial charge in [-0.3, -0.25) is 0 Å². The third kappa shape index (κ3) is 1.90. The first kappa shape index (κ1) is 13.9. The van der Waals surface area contributed by atoms with Gasteiger partial charge in [-0.1, -0.05) is 18.2 Å². The van der Waals surface area contributed by atoms with Crippen LogP contribution in [0.15, 0.2) is 36.4 Å². The Morgan fingerprint density at radius 1 is 1.05 bits per heavy atom. The number of rotatable bonds is 3. The molecule has 0 saturated carbocycles. The number of carbonyl (C=O) groups is 1. The molecule has 0 N–H and O–H groups in total. The molecule has 0 radical (unpaired) electrons. The van der Waals surface area contributed by atoms with Crippen molar-refractivity contribution in [2.75, 3.05) is 14.2 Å². The zero-order valence-corrected chi connectivity index (χ0v) is 12.6. The third-order valence-electron chi connectivity index (χ3n) is 4.45. The molecule has 3 rings (SSSR count). The molecule has 2 atom stereocenters. The van der Waals surface area contributed by atoms with Crippen LogP contribution in [-0.4, -0.2) is 25.8 Å². The molecule has 1 saturated heterocycles. The van der Waals surface area contributed by atoms with Crippen molar-refractivity contribution in [1.82, 2.24) is 0 Å². The maximum atomic E-state index is 11.9. The molecule has 0 amide bonds. The minimum absolute atomic E-state index is 0.347. The lowest BCUT2D eigenvalue weighted by molar-refractivity contribution is -0.146. The minimum atomic E-state index is -0.915. The number of carbonyl (C=O) groups excluding carboxylic acids is 1. The molecule has 1 heterocycles. The van der Waals surface area contributed by atoms with Gasteiger partial charge in [-0.05, 0) is 48.4 Å². The summed E-state index contributed by atoms with van der Waals surface area (Å²) >= 11 is 0. The molecule has 1 fully saturated rings. The van der Waals surface area contributed by atoms with E-state index in [0.29, 0.717) is 0 Å². The van der Waals surface area contributed by atoms with Gasteiger partial charge < -0.3 is 14.2 Å². The van der Waals surface area contributed by atoms with E-state index in [2.05, 4.69) is 0 Å². The van der Waals surface area contributed by atoms with E-state index in [1.807, 2.05) is 43.3 Å². The first-order valence-electron chi connectivity index (χ1n) is 6.81. The van der Waals surface area contributed by atoms with Crippen molar-refractivity contribution in [2.24, 2.45) is 0 Å². The molecule has 1 aliphatic rings. The fourth-order valence-electron chi connectivity index (χ4n) is 2.80. The smallest absolute Gasteiger partial charge is 0.341 e. The van der Waals surface area contributed by atoms with Crippen molar-refractivity contribution in [1.29, 1.82) is 0 Å². The van der Waals surface area contributed by atoms with E-state index < -0.39 is 11.2 Å². The highest BCUT2D eigenvalue weighted by Crippen LogP contribution is 2.56. The van der Waals surface area contributed by atoms with Gasteiger partial charge in [-0.15, -0.1) is 0 Å². The number of fused-ring (bicyclic) bond motifs is 1. The predicted octanol–water partition coefficient (Wildman–Crippen LogP) is 3.03. The van der Waals surface area contributed by atoms with E-state index in [1.54, 1.807) is 14.0 Å². The van der Waals surface area contributed by atoms with Crippen LogP contribution in [0.5, 0.6) is 5.75 Å². The van der Waals surface area contributed by atoms with Crippen LogP contribution < -0.4 is 4.74 Å². The number of benzene rings is 2. The van der Waals surface area contributed by atoms with Crippen LogP contribution in [0.1, 0.15) is 19.4 Å². The summed E-state index contributed by atoms with van der Waals surface area (Å²) in [6, 6.07) is 11.9. The molecule has 0 bridgehead atoms. The molecule has 4 nitrogen and oxygen atoms in total. The molecule has 2 aromatic rings.